The maximum atomic E-state index is 11.5. The average molecular weight is 432 g/mol. The van der Waals surface area contributed by atoms with Crippen LogP contribution in [0.5, 0.6) is 0 Å². The minimum absolute atomic E-state index is 0.104. The van der Waals surface area contributed by atoms with Crippen LogP contribution in [0.15, 0.2) is 60.7 Å². The lowest BCUT2D eigenvalue weighted by molar-refractivity contribution is -0.394. The van der Waals surface area contributed by atoms with E-state index >= 15 is 0 Å². The van der Waals surface area contributed by atoms with Crippen molar-refractivity contribution in [3.63, 3.8) is 0 Å². The van der Waals surface area contributed by atoms with Gasteiger partial charge in [-0.1, -0.05) is 42.5 Å². The van der Waals surface area contributed by atoms with Gasteiger partial charge in [-0.25, -0.2) is 0 Å². The molecule has 0 fully saturated rings. The van der Waals surface area contributed by atoms with Gasteiger partial charge in [0.1, 0.15) is 0 Å². The maximum absolute atomic E-state index is 11.5. The monoisotopic (exact) mass is 432 g/mol. The number of rotatable bonds is 7. The van der Waals surface area contributed by atoms with Crippen LogP contribution in [-0.4, -0.2) is 14.8 Å². The second-order valence-corrected chi connectivity index (χ2v) is 6.63. The van der Waals surface area contributed by atoms with Crippen molar-refractivity contribution in [1.29, 1.82) is 0 Å². The number of benzene rings is 3. The van der Waals surface area contributed by atoms with Crippen molar-refractivity contribution >= 4 is 47.1 Å². The highest BCUT2D eigenvalue weighted by molar-refractivity contribution is 5.83. The Bertz CT molecular complexity index is 1280. The third-order valence-electron chi connectivity index (χ3n) is 4.54. The standard InChI is InChI=1S/C22H16N4O6/c23-20-7-2-1-5-16(20)10-11-18-13-17(21(25(29)30)14-22(18)26(31)32)9-8-15-4-3-6-19(12-15)24(27)28/h1-14H,23H2/b9-8+,11-10+. The molecular formula is C22H16N4O6. The summed E-state index contributed by atoms with van der Waals surface area (Å²) in [5.41, 5.74) is 6.66. The normalized spacial score (nSPS) is 11.1. The molecule has 3 rings (SSSR count). The van der Waals surface area contributed by atoms with Gasteiger partial charge in [0.2, 0.25) is 0 Å². The number of nitro benzene ring substituents is 3. The number of nitrogen functional groups attached to an aromatic ring is 1. The van der Waals surface area contributed by atoms with Crippen LogP contribution in [0.2, 0.25) is 0 Å². The SMILES string of the molecule is Nc1ccccc1/C=C/c1cc(/C=C/c2cccc([N+](=O)[O-])c2)c([N+](=O)[O-])cc1[N+](=O)[O-]. The highest BCUT2D eigenvalue weighted by Gasteiger charge is 2.22. The summed E-state index contributed by atoms with van der Waals surface area (Å²) in [6, 6.07) is 14.8. The van der Waals surface area contributed by atoms with Crippen LogP contribution in [0.1, 0.15) is 22.3 Å². The zero-order valence-corrected chi connectivity index (χ0v) is 16.5. The van der Waals surface area contributed by atoms with Gasteiger partial charge >= 0.3 is 0 Å². The molecule has 0 bridgehead atoms. The first-order valence-corrected chi connectivity index (χ1v) is 9.18. The quantitative estimate of drug-likeness (QED) is 0.229. The van der Waals surface area contributed by atoms with E-state index in [1.54, 1.807) is 36.4 Å². The predicted octanol–water partition coefficient (Wildman–Crippen LogP) is 5.33. The molecule has 160 valence electrons. The summed E-state index contributed by atoms with van der Waals surface area (Å²) < 4.78 is 0. The molecule has 0 atom stereocenters. The van der Waals surface area contributed by atoms with E-state index < -0.39 is 26.1 Å². The number of hydrogen-bond acceptors (Lipinski definition) is 7. The maximum Gasteiger partial charge on any atom is 0.283 e. The largest absolute Gasteiger partial charge is 0.398 e. The van der Waals surface area contributed by atoms with E-state index in [1.165, 1.54) is 42.5 Å². The molecule has 0 aromatic heterocycles. The molecule has 0 saturated heterocycles. The summed E-state index contributed by atoms with van der Waals surface area (Å²) in [5, 5.41) is 34.0. The van der Waals surface area contributed by atoms with Crippen LogP contribution in [-0.2, 0) is 0 Å². The number of para-hydroxylation sites is 1. The van der Waals surface area contributed by atoms with E-state index in [4.69, 9.17) is 5.73 Å². The van der Waals surface area contributed by atoms with Gasteiger partial charge < -0.3 is 5.73 Å². The molecular weight excluding hydrogens is 416 g/mol. The smallest absolute Gasteiger partial charge is 0.283 e. The molecule has 0 unspecified atom stereocenters. The fourth-order valence-corrected chi connectivity index (χ4v) is 2.97. The minimum atomic E-state index is -0.719. The van der Waals surface area contributed by atoms with Crippen molar-refractivity contribution < 1.29 is 14.8 Å². The van der Waals surface area contributed by atoms with Crippen LogP contribution in [0.25, 0.3) is 24.3 Å². The van der Waals surface area contributed by atoms with Crippen molar-refractivity contribution in [3.8, 4) is 0 Å². The van der Waals surface area contributed by atoms with Crippen LogP contribution in [0.3, 0.4) is 0 Å². The van der Waals surface area contributed by atoms with Gasteiger partial charge in [0.15, 0.2) is 0 Å². The number of nitrogens with two attached hydrogens (primary N) is 1. The summed E-state index contributed by atoms with van der Waals surface area (Å²) in [5.74, 6) is 0. The van der Waals surface area contributed by atoms with Gasteiger partial charge in [-0.05, 0) is 35.4 Å². The molecule has 0 aliphatic carbocycles. The summed E-state index contributed by atoms with van der Waals surface area (Å²) >= 11 is 0. The first kappa shape index (κ1) is 21.8. The second-order valence-electron chi connectivity index (χ2n) is 6.63. The Hall–Kier alpha value is -4.86. The molecule has 10 heteroatoms. The van der Waals surface area contributed by atoms with Crippen molar-refractivity contribution in [1.82, 2.24) is 0 Å². The molecule has 3 aromatic rings. The molecule has 32 heavy (non-hydrogen) atoms. The molecule has 0 radical (unpaired) electrons. The summed E-state index contributed by atoms with van der Waals surface area (Å²) in [7, 11) is 0. The van der Waals surface area contributed by atoms with E-state index in [-0.39, 0.29) is 16.8 Å². The van der Waals surface area contributed by atoms with Crippen molar-refractivity contribution in [2.75, 3.05) is 5.73 Å². The Morgan fingerprint density at radius 1 is 0.625 bits per heavy atom. The van der Waals surface area contributed by atoms with Gasteiger partial charge in [0.25, 0.3) is 17.1 Å². The minimum Gasteiger partial charge on any atom is -0.398 e. The molecule has 0 aliphatic rings. The van der Waals surface area contributed by atoms with Crippen molar-refractivity contribution in [2.24, 2.45) is 0 Å². The Kier molecular flexibility index (Phi) is 6.35. The van der Waals surface area contributed by atoms with E-state index in [0.29, 0.717) is 16.8 Å². The second kappa shape index (κ2) is 9.30. The van der Waals surface area contributed by atoms with Gasteiger partial charge in [-0.3, -0.25) is 30.3 Å². The summed E-state index contributed by atoms with van der Waals surface area (Å²) in [6.45, 7) is 0. The Morgan fingerprint density at radius 3 is 1.81 bits per heavy atom. The van der Waals surface area contributed by atoms with E-state index in [1.807, 2.05) is 0 Å². The lowest BCUT2D eigenvalue weighted by atomic mass is 10.0. The first-order valence-electron chi connectivity index (χ1n) is 9.18. The molecule has 0 spiro atoms. The Labute approximate surface area is 181 Å². The molecule has 10 nitrogen and oxygen atoms in total. The van der Waals surface area contributed by atoms with E-state index in [9.17, 15) is 30.3 Å². The fourth-order valence-electron chi connectivity index (χ4n) is 2.97. The average Bonchev–Trinajstić information content (AvgIpc) is 2.76. The Morgan fingerprint density at radius 2 is 1.22 bits per heavy atom. The zero-order chi connectivity index (χ0) is 23.3. The third-order valence-corrected chi connectivity index (χ3v) is 4.54. The number of hydrogen-bond donors (Lipinski definition) is 1. The third kappa shape index (κ3) is 5.00. The predicted molar refractivity (Wildman–Crippen MR) is 122 cm³/mol. The fraction of sp³-hybridized carbons (Fsp3) is 0. The van der Waals surface area contributed by atoms with Crippen molar-refractivity contribution in [3.05, 3.63) is 113 Å². The molecule has 0 amide bonds. The van der Waals surface area contributed by atoms with E-state index in [2.05, 4.69) is 0 Å². The van der Waals surface area contributed by atoms with Gasteiger partial charge in [-0.15, -0.1) is 0 Å². The molecule has 3 aromatic carbocycles. The topological polar surface area (TPSA) is 155 Å². The lowest BCUT2D eigenvalue weighted by Gasteiger charge is -2.04. The van der Waals surface area contributed by atoms with Crippen LogP contribution in [0, 0.1) is 30.3 Å². The highest BCUT2D eigenvalue weighted by atomic mass is 16.6. The Balaban J connectivity index is 2.09. The van der Waals surface area contributed by atoms with Crippen molar-refractivity contribution in [2.45, 2.75) is 0 Å². The number of anilines is 1. The van der Waals surface area contributed by atoms with Gasteiger partial charge in [-0.2, -0.15) is 0 Å². The molecule has 0 saturated carbocycles. The van der Waals surface area contributed by atoms with Gasteiger partial charge in [0.05, 0.1) is 32.0 Å². The van der Waals surface area contributed by atoms with Crippen LogP contribution < -0.4 is 5.73 Å². The number of nitro groups is 3. The van der Waals surface area contributed by atoms with Gasteiger partial charge in [0, 0.05) is 17.8 Å². The summed E-state index contributed by atoms with van der Waals surface area (Å²) in [4.78, 5) is 32.0. The first-order chi connectivity index (χ1) is 15.3. The van der Waals surface area contributed by atoms with Crippen LogP contribution >= 0.6 is 0 Å². The molecule has 2 N–H and O–H groups in total. The highest BCUT2D eigenvalue weighted by Crippen LogP contribution is 2.32. The zero-order valence-electron chi connectivity index (χ0n) is 16.5. The molecule has 0 heterocycles. The number of non-ortho nitro benzene ring substituents is 1. The summed E-state index contributed by atoms with van der Waals surface area (Å²) in [6.07, 6.45) is 5.88. The van der Waals surface area contributed by atoms with E-state index in [0.717, 1.165) is 6.07 Å². The van der Waals surface area contributed by atoms with Crippen LogP contribution in [0.4, 0.5) is 22.7 Å². The lowest BCUT2D eigenvalue weighted by Crippen LogP contribution is -1.98. The number of nitrogens with zero attached hydrogens (tertiary/aromatic N) is 3. The molecule has 0 aliphatic heterocycles.